The number of nitrogens with one attached hydrogen (secondary N) is 1. The molecule has 1 saturated carbocycles. The quantitative estimate of drug-likeness (QED) is 0.789. The van der Waals surface area contributed by atoms with Crippen molar-refractivity contribution in [1.82, 2.24) is 10.2 Å². The second-order valence-corrected chi connectivity index (χ2v) is 6.88. The molecule has 2 nitrogen and oxygen atoms in total. The van der Waals surface area contributed by atoms with E-state index in [2.05, 4.69) is 24.1 Å². The zero-order valence-corrected chi connectivity index (χ0v) is 13.2. The summed E-state index contributed by atoms with van der Waals surface area (Å²) in [4.78, 5) is 2.64. The van der Waals surface area contributed by atoms with E-state index >= 15 is 0 Å². The lowest BCUT2D eigenvalue weighted by Crippen LogP contribution is -2.43. The minimum absolute atomic E-state index is 0.728. The van der Waals surface area contributed by atoms with Gasteiger partial charge in [-0.25, -0.2) is 0 Å². The molecule has 1 heterocycles. The Hall–Kier alpha value is -0.0800. The van der Waals surface area contributed by atoms with Gasteiger partial charge in [-0.05, 0) is 77.0 Å². The van der Waals surface area contributed by atoms with Gasteiger partial charge in [0.15, 0.2) is 0 Å². The summed E-state index contributed by atoms with van der Waals surface area (Å²) in [5, 5.41) is 3.85. The van der Waals surface area contributed by atoms with Crippen LogP contribution < -0.4 is 5.32 Å². The van der Waals surface area contributed by atoms with Crippen LogP contribution >= 0.6 is 0 Å². The third kappa shape index (κ3) is 5.07. The highest BCUT2D eigenvalue weighted by atomic mass is 15.1. The van der Waals surface area contributed by atoms with Crippen LogP contribution in [-0.2, 0) is 0 Å². The fourth-order valence-electron chi connectivity index (χ4n) is 3.90. The van der Waals surface area contributed by atoms with Crippen LogP contribution in [-0.4, -0.2) is 37.1 Å². The van der Waals surface area contributed by atoms with Crippen LogP contribution in [0.4, 0.5) is 0 Å². The van der Waals surface area contributed by atoms with Crippen LogP contribution in [0, 0.1) is 11.8 Å². The van der Waals surface area contributed by atoms with Gasteiger partial charge in [0.05, 0.1) is 0 Å². The average molecular weight is 266 g/mol. The summed E-state index contributed by atoms with van der Waals surface area (Å²) in [7, 11) is 0. The third-order valence-electron chi connectivity index (χ3n) is 5.33. The molecule has 0 radical (unpaired) electrons. The number of nitrogens with zero attached hydrogens (tertiary/aromatic N) is 1. The van der Waals surface area contributed by atoms with Crippen molar-refractivity contribution in [3.05, 3.63) is 0 Å². The van der Waals surface area contributed by atoms with E-state index in [1.54, 1.807) is 0 Å². The van der Waals surface area contributed by atoms with Crippen LogP contribution in [0.2, 0.25) is 0 Å². The molecule has 2 rings (SSSR count). The van der Waals surface area contributed by atoms with E-state index in [9.17, 15) is 0 Å². The minimum Gasteiger partial charge on any atom is -0.314 e. The lowest BCUT2D eigenvalue weighted by atomic mass is 9.87. The molecule has 0 bridgehead atoms. The molecular weight excluding hydrogens is 232 g/mol. The molecule has 0 aromatic heterocycles. The van der Waals surface area contributed by atoms with Crippen LogP contribution in [0.3, 0.4) is 0 Å². The molecule has 1 atom stereocenters. The average Bonchev–Trinajstić information content (AvgIpc) is 2.47. The SMILES string of the molecule is CCCN1CCC(C(C)NCC2CCCCC2)CC1. The Labute approximate surface area is 120 Å². The van der Waals surface area contributed by atoms with E-state index in [-0.39, 0.29) is 0 Å². The number of hydrogen-bond donors (Lipinski definition) is 1. The van der Waals surface area contributed by atoms with Crippen LogP contribution in [0.5, 0.6) is 0 Å². The number of piperidine rings is 1. The fraction of sp³-hybridized carbons (Fsp3) is 1.00. The normalized spacial score (nSPS) is 25.6. The van der Waals surface area contributed by atoms with Crippen molar-refractivity contribution in [3.8, 4) is 0 Å². The lowest BCUT2D eigenvalue weighted by Gasteiger charge is -2.35. The molecule has 0 spiro atoms. The monoisotopic (exact) mass is 266 g/mol. The molecule has 2 aliphatic rings. The van der Waals surface area contributed by atoms with E-state index < -0.39 is 0 Å². The van der Waals surface area contributed by atoms with Crippen molar-refractivity contribution in [1.29, 1.82) is 0 Å². The predicted molar refractivity (Wildman–Crippen MR) is 83.5 cm³/mol. The molecule has 1 unspecified atom stereocenters. The summed E-state index contributed by atoms with van der Waals surface area (Å²) in [5.74, 6) is 1.88. The van der Waals surface area contributed by atoms with E-state index in [0.717, 1.165) is 17.9 Å². The van der Waals surface area contributed by atoms with Gasteiger partial charge in [0.25, 0.3) is 0 Å². The molecule has 0 aromatic carbocycles. The van der Waals surface area contributed by atoms with Crippen molar-refractivity contribution in [2.75, 3.05) is 26.2 Å². The predicted octanol–water partition coefficient (Wildman–Crippen LogP) is 3.67. The van der Waals surface area contributed by atoms with Gasteiger partial charge in [-0.15, -0.1) is 0 Å². The van der Waals surface area contributed by atoms with Gasteiger partial charge in [0.1, 0.15) is 0 Å². The van der Waals surface area contributed by atoms with Gasteiger partial charge in [-0.2, -0.15) is 0 Å². The smallest absolute Gasteiger partial charge is 0.00680 e. The maximum absolute atomic E-state index is 3.85. The highest BCUT2D eigenvalue weighted by Gasteiger charge is 2.24. The first kappa shape index (κ1) is 15.3. The summed E-state index contributed by atoms with van der Waals surface area (Å²) >= 11 is 0. The van der Waals surface area contributed by atoms with Crippen LogP contribution in [0.1, 0.15) is 65.2 Å². The Kier molecular flexibility index (Phi) is 6.66. The second kappa shape index (κ2) is 8.26. The molecule has 1 aliphatic carbocycles. The standard InChI is InChI=1S/C17H34N2/c1-3-11-19-12-9-17(10-13-19)15(2)18-14-16-7-5-4-6-8-16/h15-18H,3-14H2,1-2H3. The zero-order chi connectivity index (χ0) is 13.5. The molecular formula is C17H34N2. The highest BCUT2D eigenvalue weighted by Crippen LogP contribution is 2.24. The summed E-state index contributed by atoms with van der Waals surface area (Å²) in [6.07, 6.45) is 11.5. The highest BCUT2D eigenvalue weighted by molar-refractivity contribution is 4.80. The molecule has 2 heteroatoms. The van der Waals surface area contributed by atoms with Gasteiger partial charge in [0, 0.05) is 6.04 Å². The molecule has 2 fully saturated rings. The Morgan fingerprint density at radius 3 is 2.37 bits per heavy atom. The Bertz CT molecular complexity index is 227. The molecule has 1 aliphatic heterocycles. The molecule has 0 amide bonds. The first-order valence-corrected chi connectivity index (χ1v) is 8.75. The Morgan fingerprint density at radius 2 is 1.74 bits per heavy atom. The fourth-order valence-corrected chi connectivity index (χ4v) is 3.90. The molecule has 0 aromatic rings. The van der Waals surface area contributed by atoms with E-state index in [4.69, 9.17) is 0 Å². The van der Waals surface area contributed by atoms with Gasteiger partial charge >= 0.3 is 0 Å². The van der Waals surface area contributed by atoms with Gasteiger partial charge < -0.3 is 10.2 Å². The first-order valence-electron chi connectivity index (χ1n) is 8.75. The number of likely N-dealkylation sites (tertiary alicyclic amines) is 1. The number of rotatable bonds is 6. The first-order chi connectivity index (χ1) is 9.29. The lowest BCUT2D eigenvalue weighted by molar-refractivity contribution is 0.159. The van der Waals surface area contributed by atoms with E-state index in [1.165, 1.54) is 77.5 Å². The van der Waals surface area contributed by atoms with Crippen molar-refractivity contribution >= 4 is 0 Å². The summed E-state index contributed by atoms with van der Waals surface area (Å²) in [6, 6.07) is 0.728. The van der Waals surface area contributed by atoms with E-state index in [0.29, 0.717) is 0 Å². The van der Waals surface area contributed by atoms with Gasteiger partial charge in [0.2, 0.25) is 0 Å². The van der Waals surface area contributed by atoms with Gasteiger partial charge in [-0.3, -0.25) is 0 Å². The van der Waals surface area contributed by atoms with Gasteiger partial charge in [-0.1, -0.05) is 26.2 Å². The van der Waals surface area contributed by atoms with Crippen molar-refractivity contribution < 1.29 is 0 Å². The summed E-state index contributed by atoms with van der Waals surface area (Å²) in [6.45, 7) is 9.94. The van der Waals surface area contributed by atoms with Crippen molar-refractivity contribution in [2.24, 2.45) is 11.8 Å². The molecule has 1 N–H and O–H groups in total. The van der Waals surface area contributed by atoms with Crippen molar-refractivity contribution in [2.45, 2.75) is 71.3 Å². The largest absolute Gasteiger partial charge is 0.314 e. The molecule has 1 saturated heterocycles. The topological polar surface area (TPSA) is 15.3 Å². The second-order valence-electron chi connectivity index (χ2n) is 6.88. The van der Waals surface area contributed by atoms with Crippen molar-refractivity contribution in [3.63, 3.8) is 0 Å². The molecule has 19 heavy (non-hydrogen) atoms. The maximum atomic E-state index is 3.85. The Balaban J connectivity index is 1.62. The molecule has 112 valence electrons. The van der Waals surface area contributed by atoms with Crippen LogP contribution in [0.25, 0.3) is 0 Å². The van der Waals surface area contributed by atoms with E-state index in [1.807, 2.05) is 0 Å². The summed E-state index contributed by atoms with van der Waals surface area (Å²) in [5.41, 5.74) is 0. The third-order valence-corrected chi connectivity index (χ3v) is 5.33. The number of hydrogen-bond acceptors (Lipinski definition) is 2. The summed E-state index contributed by atoms with van der Waals surface area (Å²) < 4.78 is 0. The Morgan fingerprint density at radius 1 is 1.05 bits per heavy atom. The van der Waals surface area contributed by atoms with Crippen LogP contribution in [0.15, 0.2) is 0 Å². The maximum Gasteiger partial charge on any atom is 0.00680 e. The minimum atomic E-state index is 0.728. The zero-order valence-electron chi connectivity index (χ0n) is 13.2.